The van der Waals surface area contributed by atoms with E-state index < -0.39 is 0 Å². The summed E-state index contributed by atoms with van der Waals surface area (Å²) in [5.41, 5.74) is 1.18. The number of anilines is 1. The van der Waals surface area contributed by atoms with Gasteiger partial charge in [-0.25, -0.2) is 4.98 Å². The Morgan fingerprint density at radius 1 is 1.21 bits per heavy atom. The molecule has 0 bridgehead atoms. The average molecular weight is 427 g/mol. The maximum atomic E-state index is 12.7. The highest BCUT2D eigenvalue weighted by molar-refractivity contribution is 7.19. The van der Waals surface area contributed by atoms with Crippen molar-refractivity contribution >= 4 is 33.7 Å². The molecule has 0 radical (unpaired) electrons. The Morgan fingerprint density at radius 2 is 2.07 bits per heavy atom. The summed E-state index contributed by atoms with van der Waals surface area (Å²) in [5.74, 6) is 1.20. The van der Waals surface area contributed by atoms with Crippen LogP contribution < -0.4 is 10.1 Å². The molecule has 7 nitrogen and oxygen atoms in total. The van der Waals surface area contributed by atoms with Crippen LogP contribution in [0.15, 0.2) is 46.3 Å². The van der Waals surface area contributed by atoms with Gasteiger partial charge >= 0.3 is 0 Å². The van der Waals surface area contributed by atoms with Crippen molar-refractivity contribution in [2.24, 2.45) is 0 Å². The summed E-state index contributed by atoms with van der Waals surface area (Å²) < 4.78 is 11.1. The van der Waals surface area contributed by atoms with E-state index in [0.29, 0.717) is 40.5 Å². The number of carbonyl (C=O) groups excluding carboxylic acids is 1. The number of ether oxygens (including phenoxy) is 1. The second kappa shape index (κ2) is 8.54. The van der Waals surface area contributed by atoms with Crippen LogP contribution in [0.5, 0.6) is 5.75 Å². The number of aryl methyl sites for hydroxylation is 1. The van der Waals surface area contributed by atoms with E-state index >= 15 is 0 Å². The third-order valence-corrected chi connectivity index (χ3v) is 5.90. The molecule has 0 spiro atoms. The van der Waals surface area contributed by atoms with Crippen LogP contribution in [-0.4, -0.2) is 27.6 Å². The highest BCUT2D eigenvalue weighted by Gasteiger charge is 2.20. The molecule has 0 atom stereocenters. The first-order valence-corrected chi connectivity index (χ1v) is 10.7. The SMILES string of the molecule is CCCOc1ccccc1C(=O)Nc1nc(C)c(-c2nc(-c3cccs3)no2)s1. The fourth-order valence-electron chi connectivity index (χ4n) is 2.63. The first kappa shape index (κ1) is 19.3. The summed E-state index contributed by atoms with van der Waals surface area (Å²) >= 11 is 2.83. The van der Waals surface area contributed by atoms with Crippen LogP contribution in [0.2, 0.25) is 0 Å². The van der Waals surface area contributed by atoms with E-state index in [9.17, 15) is 4.79 Å². The predicted molar refractivity (Wildman–Crippen MR) is 114 cm³/mol. The summed E-state index contributed by atoms with van der Waals surface area (Å²) in [6, 6.07) is 11.0. The van der Waals surface area contributed by atoms with Crippen LogP contribution in [0, 0.1) is 6.92 Å². The van der Waals surface area contributed by atoms with Crippen LogP contribution in [0.1, 0.15) is 29.4 Å². The summed E-state index contributed by atoms with van der Waals surface area (Å²) in [6.45, 7) is 4.41. The molecule has 3 aromatic heterocycles. The number of benzene rings is 1. The third kappa shape index (κ3) is 4.20. The lowest BCUT2D eigenvalue weighted by Gasteiger charge is -2.09. The molecule has 148 valence electrons. The first-order valence-electron chi connectivity index (χ1n) is 9.04. The molecule has 3 heterocycles. The van der Waals surface area contributed by atoms with Gasteiger partial charge in [-0.15, -0.1) is 11.3 Å². The van der Waals surface area contributed by atoms with Gasteiger partial charge in [-0.3, -0.25) is 10.1 Å². The fraction of sp³-hybridized carbons (Fsp3) is 0.200. The molecule has 0 aliphatic carbocycles. The largest absolute Gasteiger partial charge is 0.493 e. The van der Waals surface area contributed by atoms with Gasteiger partial charge in [-0.05, 0) is 36.9 Å². The molecule has 0 unspecified atom stereocenters. The van der Waals surface area contributed by atoms with Crippen molar-refractivity contribution in [1.29, 1.82) is 0 Å². The molecule has 4 rings (SSSR count). The van der Waals surface area contributed by atoms with Gasteiger partial charge in [-0.1, -0.05) is 41.6 Å². The highest BCUT2D eigenvalue weighted by Crippen LogP contribution is 2.34. The van der Waals surface area contributed by atoms with E-state index in [2.05, 4.69) is 20.4 Å². The summed E-state index contributed by atoms with van der Waals surface area (Å²) in [7, 11) is 0. The lowest BCUT2D eigenvalue weighted by Crippen LogP contribution is -2.13. The lowest BCUT2D eigenvalue weighted by molar-refractivity contribution is 0.102. The first-order chi connectivity index (χ1) is 14.2. The zero-order chi connectivity index (χ0) is 20.2. The van der Waals surface area contributed by atoms with Crippen molar-refractivity contribution in [2.45, 2.75) is 20.3 Å². The summed E-state index contributed by atoms with van der Waals surface area (Å²) in [4.78, 5) is 23.3. The van der Waals surface area contributed by atoms with Crippen LogP contribution in [-0.2, 0) is 0 Å². The molecule has 1 amide bonds. The van der Waals surface area contributed by atoms with Crippen molar-refractivity contribution < 1.29 is 14.1 Å². The zero-order valence-corrected chi connectivity index (χ0v) is 17.5. The maximum Gasteiger partial charge on any atom is 0.270 e. The Morgan fingerprint density at radius 3 is 2.86 bits per heavy atom. The van der Waals surface area contributed by atoms with Gasteiger partial charge in [0.25, 0.3) is 11.8 Å². The van der Waals surface area contributed by atoms with Gasteiger partial charge < -0.3 is 9.26 Å². The molecule has 4 aromatic rings. The molecular weight excluding hydrogens is 408 g/mol. The van der Waals surface area contributed by atoms with Gasteiger partial charge in [0.2, 0.25) is 5.82 Å². The third-order valence-electron chi connectivity index (χ3n) is 3.97. The minimum Gasteiger partial charge on any atom is -0.493 e. The zero-order valence-electron chi connectivity index (χ0n) is 15.8. The van der Waals surface area contributed by atoms with E-state index in [0.717, 1.165) is 16.2 Å². The summed E-state index contributed by atoms with van der Waals surface area (Å²) in [6.07, 6.45) is 0.864. The van der Waals surface area contributed by atoms with E-state index in [1.165, 1.54) is 11.3 Å². The molecule has 9 heteroatoms. The molecule has 0 aliphatic heterocycles. The number of thiophene rings is 1. The normalized spacial score (nSPS) is 10.8. The van der Waals surface area contributed by atoms with E-state index in [-0.39, 0.29) is 5.91 Å². The van der Waals surface area contributed by atoms with Gasteiger partial charge in [-0.2, -0.15) is 4.98 Å². The van der Waals surface area contributed by atoms with Crippen LogP contribution >= 0.6 is 22.7 Å². The standard InChI is InChI=1S/C20H18N4O3S2/c1-3-10-26-14-8-5-4-7-13(14)18(25)23-20-21-12(2)16(29-20)19-22-17(24-27-19)15-9-6-11-28-15/h4-9,11H,3,10H2,1-2H3,(H,21,23,25). The monoisotopic (exact) mass is 426 g/mol. The van der Waals surface area contributed by atoms with Crippen molar-refractivity contribution in [3.8, 4) is 27.2 Å². The number of aromatic nitrogens is 3. The number of rotatable bonds is 7. The minimum absolute atomic E-state index is 0.276. The molecule has 0 saturated heterocycles. The van der Waals surface area contributed by atoms with Crippen molar-refractivity contribution in [1.82, 2.24) is 15.1 Å². The Hall–Kier alpha value is -3.04. The van der Waals surface area contributed by atoms with Crippen LogP contribution in [0.3, 0.4) is 0 Å². The molecule has 0 saturated carbocycles. The molecule has 1 aromatic carbocycles. The number of amides is 1. The minimum atomic E-state index is -0.276. The molecule has 29 heavy (non-hydrogen) atoms. The van der Waals surface area contributed by atoms with E-state index in [4.69, 9.17) is 9.26 Å². The fourth-order valence-corrected chi connectivity index (χ4v) is 4.16. The quantitative estimate of drug-likeness (QED) is 0.433. The van der Waals surface area contributed by atoms with Crippen molar-refractivity contribution in [2.75, 3.05) is 11.9 Å². The van der Waals surface area contributed by atoms with Gasteiger partial charge in [0.15, 0.2) is 5.13 Å². The van der Waals surface area contributed by atoms with E-state index in [1.807, 2.05) is 37.4 Å². The smallest absolute Gasteiger partial charge is 0.270 e. The Bertz CT molecular complexity index is 1120. The van der Waals surface area contributed by atoms with Crippen LogP contribution in [0.25, 0.3) is 21.5 Å². The maximum absolute atomic E-state index is 12.7. The number of nitrogens with one attached hydrogen (secondary N) is 1. The van der Waals surface area contributed by atoms with Crippen LogP contribution in [0.4, 0.5) is 5.13 Å². The van der Waals surface area contributed by atoms with Gasteiger partial charge in [0, 0.05) is 0 Å². The number of para-hydroxylation sites is 1. The van der Waals surface area contributed by atoms with Gasteiger partial charge in [0.05, 0.1) is 22.7 Å². The number of hydrogen-bond acceptors (Lipinski definition) is 8. The molecule has 0 aliphatic rings. The van der Waals surface area contributed by atoms with Gasteiger partial charge in [0.1, 0.15) is 10.6 Å². The number of nitrogens with zero attached hydrogens (tertiary/aromatic N) is 3. The molecule has 0 fully saturated rings. The predicted octanol–water partition coefficient (Wildman–Crippen LogP) is 5.27. The van der Waals surface area contributed by atoms with Crippen molar-refractivity contribution in [3.05, 3.63) is 53.0 Å². The lowest BCUT2D eigenvalue weighted by atomic mass is 10.2. The number of hydrogen-bond donors (Lipinski definition) is 1. The average Bonchev–Trinajstić information content (AvgIpc) is 3.47. The number of carbonyl (C=O) groups is 1. The Labute approximate surface area is 175 Å². The Balaban J connectivity index is 1.54. The topological polar surface area (TPSA) is 90.1 Å². The molecular formula is C20H18N4O3S2. The van der Waals surface area contributed by atoms with E-state index in [1.54, 1.807) is 29.5 Å². The Kier molecular flexibility index (Phi) is 5.68. The van der Waals surface area contributed by atoms with Crippen molar-refractivity contribution in [3.63, 3.8) is 0 Å². The second-order valence-electron chi connectivity index (χ2n) is 6.13. The number of thiazole rings is 1. The highest BCUT2D eigenvalue weighted by atomic mass is 32.1. The summed E-state index contributed by atoms with van der Waals surface area (Å²) in [5, 5.41) is 9.29. The molecule has 1 N–H and O–H groups in total. The second-order valence-corrected chi connectivity index (χ2v) is 8.08.